The highest BCUT2D eigenvalue weighted by atomic mass is 16.5. The van der Waals surface area contributed by atoms with Crippen molar-refractivity contribution in [3.05, 3.63) is 58.9 Å². The molecular formula is C15H17NO2. The highest BCUT2D eigenvalue weighted by Gasteiger charge is 2.12. The maximum absolute atomic E-state index is 11.6. The van der Waals surface area contributed by atoms with Gasteiger partial charge in [-0.05, 0) is 37.5 Å². The van der Waals surface area contributed by atoms with Gasteiger partial charge in [0.1, 0.15) is 5.69 Å². The zero-order valence-corrected chi connectivity index (χ0v) is 10.7. The summed E-state index contributed by atoms with van der Waals surface area (Å²) in [7, 11) is 0. The molecule has 0 unspecified atom stereocenters. The minimum Gasteiger partial charge on any atom is -0.461 e. The minimum absolute atomic E-state index is 0.292. The number of aromatic nitrogens is 1. The second-order valence-electron chi connectivity index (χ2n) is 4.22. The van der Waals surface area contributed by atoms with Gasteiger partial charge in [-0.15, -0.1) is 0 Å². The Kier molecular flexibility index (Phi) is 3.82. The van der Waals surface area contributed by atoms with E-state index in [2.05, 4.69) is 17.1 Å². The smallest absolute Gasteiger partial charge is 0.354 e. The van der Waals surface area contributed by atoms with Crippen molar-refractivity contribution in [2.45, 2.75) is 20.3 Å². The molecule has 0 bridgehead atoms. The van der Waals surface area contributed by atoms with E-state index in [0.29, 0.717) is 12.3 Å². The molecule has 2 rings (SSSR count). The first-order valence-electron chi connectivity index (χ1n) is 6.10. The normalized spacial score (nSPS) is 10.3. The Hall–Kier alpha value is -2.03. The number of rotatable bonds is 4. The van der Waals surface area contributed by atoms with Crippen molar-refractivity contribution < 1.29 is 9.53 Å². The van der Waals surface area contributed by atoms with Crippen LogP contribution in [0.5, 0.6) is 0 Å². The van der Waals surface area contributed by atoms with Crippen molar-refractivity contribution in [1.82, 2.24) is 4.98 Å². The number of nitrogens with one attached hydrogen (secondary N) is 1. The van der Waals surface area contributed by atoms with Gasteiger partial charge < -0.3 is 9.72 Å². The van der Waals surface area contributed by atoms with Gasteiger partial charge in [-0.25, -0.2) is 4.79 Å². The van der Waals surface area contributed by atoms with Crippen LogP contribution >= 0.6 is 0 Å². The molecule has 0 atom stereocenters. The molecule has 3 heteroatoms. The van der Waals surface area contributed by atoms with Crippen LogP contribution in [0.1, 0.15) is 34.2 Å². The van der Waals surface area contributed by atoms with E-state index in [4.69, 9.17) is 4.74 Å². The predicted octanol–water partition coefficient (Wildman–Crippen LogP) is 3.09. The van der Waals surface area contributed by atoms with E-state index in [1.807, 2.05) is 31.2 Å². The lowest BCUT2D eigenvalue weighted by Gasteiger charge is -1.99. The van der Waals surface area contributed by atoms with Crippen molar-refractivity contribution >= 4 is 5.97 Å². The molecule has 0 saturated carbocycles. The Morgan fingerprint density at radius 3 is 2.67 bits per heavy atom. The fourth-order valence-electron chi connectivity index (χ4n) is 1.92. The third-order valence-electron chi connectivity index (χ3n) is 2.86. The average Bonchev–Trinajstić information content (AvgIpc) is 2.73. The molecule has 0 amide bonds. The Balaban J connectivity index is 2.17. The Morgan fingerprint density at radius 2 is 2.00 bits per heavy atom. The van der Waals surface area contributed by atoms with E-state index in [1.54, 1.807) is 6.92 Å². The molecule has 0 aliphatic heterocycles. The molecule has 1 aromatic carbocycles. The van der Waals surface area contributed by atoms with Gasteiger partial charge in [0.05, 0.1) is 6.61 Å². The van der Waals surface area contributed by atoms with E-state index >= 15 is 0 Å². The lowest BCUT2D eigenvalue weighted by Crippen LogP contribution is -2.04. The number of H-pyrrole nitrogens is 1. The molecule has 2 aromatic rings. The lowest BCUT2D eigenvalue weighted by molar-refractivity contribution is 0.0520. The van der Waals surface area contributed by atoms with Gasteiger partial charge in [0.25, 0.3) is 0 Å². The fourth-order valence-corrected chi connectivity index (χ4v) is 1.92. The largest absolute Gasteiger partial charge is 0.461 e. The third-order valence-corrected chi connectivity index (χ3v) is 2.86. The second kappa shape index (κ2) is 5.54. The summed E-state index contributed by atoms with van der Waals surface area (Å²) < 4.78 is 4.98. The molecule has 0 aliphatic carbocycles. The summed E-state index contributed by atoms with van der Waals surface area (Å²) >= 11 is 0. The van der Waals surface area contributed by atoms with Crippen LogP contribution in [0.4, 0.5) is 0 Å². The Bertz CT molecular complexity index is 529. The number of ether oxygens (including phenoxy) is 1. The molecule has 1 heterocycles. The summed E-state index contributed by atoms with van der Waals surface area (Å²) in [5, 5.41) is 0. The molecule has 0 spiro atoms. The summed E-state index contributed by atoms with van der Waals surface area (Å²) in [4.78, 5) is 14.7. The van der Waals surface area contributed by atoms with Gasteiger partial charge in [-0.1, -0.05) is 30.3 Å². The van der Waals surface area contributed by atoms with Crippen molar-refractivity contribution in [1.29, 1.82) is 0 Å². The fraction of sp³-hybridized carbons (Fsp3) is 0.267. The summed E-state index contributed by atoms with van der Waals surface area (Å²) in [6, 6.07) is 12.1. The van der Waals surface area contributed by atoms with Gasteiger partial charge in [-0.2, -0.15) is 0 Å². The van der Waals surface area contributed by atoms with Crippen LogP contribution < -0.4 is 0 Å². The topological polar surface area (TPSA) is 42.1 Å². The summed E-state index contributed by atoms with van der Waals surface area (Å²) in [6.07, 6.45) is 0.822. The van der Waals surface area contributed by atoms with Crippen LogP contribution in [0.25, 0.3) is 0 Å². The SMILES string of the molecule is CCOC(=O)c1cc(Cc2ccccc2)c(C)[nH]1. The van der Waals surface area contributed by atoms with Crippen molar-refractivity contribution in [2.24, 2.45) is 0 Å². The van der Waals surface area contributed by atoms with Crippen molar-refractivity contribution in [2.75, 3.05) is 6.61 Å². The zero-order chi connectivity index (χ0) is 13.0. The number of aryl methyl sites for hydroxylation is 1. The second-order valence-corrected chi connectivity index (χ2v) is 4.22. The maximum atomic E-state index is 11.6. The lowest BCUT2D eigenvalue weighted by atomic mass is 10.1. The van der Waals surface area contributed by atoms with Crippen LogP contribution in [0.15, 0.2) is 36.4 Å². The maximum Gasteiger partial charge on any atom is 0.354 e. The predicted molar refractivity (Wildman–Crippen MR) is 70.7 cm³/mol. The van der Waals surface area contributed by atoms with Gasteiger partial charge in [0.2, 0.25) is 0 Å². The van der Waals surface area contributed by atoms with E-state index in [9.17, 15) is 4.79 Å². The van der Waals surface area contributed by atoms with Gasteiger partial charge >= 0.3 is 5.97 Å². The van der Waals surface area contributed by atoms with E-state index in [-0.39, 0.29) is 5.97 Å². The summed E-state index contributed by atoms with van der Waals surface area (Å²) in [5.41, 5.74) is 3.90. The van der Waals surface area contributed by atoms with Crippen LogP contribution in [-0.4, -0.2) is 17.6 Å². The molecule has 18 heavy (non-hydrogen) atoms. The first kappa shape index (κ1) is 12.4. The summed E-state index contributed by atoms with van der Waals surface area (Å²) in [5.74, 6) is -0.292. The van der Waals surface area contributed by atoms with Gasteiger partial charge in [-0.3, -0.25) is 0 Å². The number of benzene rings is 1. The van der Waals surface area contributed by atoms with Crippen LogP contribution in [0.3, 0.4) is 0 Å². The van der Waals surface area contributed by atoms with Gasteiger partial charge in [0.15, 0.2) is 0 Å². The molecule has 1 aromatic heterocycles. The highest BCUT2D eigenvalue weighted by molar-refractivity contribution is 5.87. The third kappa shape index (κ3) is 2.80. The van der Waals surface area contributed by atoms with Crippen LogP contribution in [0, 0.1) is 6.92 Å². The first-order valence-corrected chi connectivity index (χ1v) is 6.10. The van der Waals surface area contributed by atoms with Gasteiger partial charge in [0, 0.05) is 5.69 Å². The highest BCUT2D eigenvalue weighted by Crippen LogP contribution is 2.15. The number of hydrogen-bond acceptors (Lipinski definition) is 2. The number of carbonyl (C=O) groups excluding carboxylic acids is 1. The molecular weight excluding hydrogens is 226 g/mol. The molecule has 0 radical (unpaired) electrons. The minimum atomic E-state index is -0.292. The van der Waals surface area contributed by atoms with E-state index < -0.39 is 0 Å². The molecule has 0 saturated heterocycles. The monoisotopic (exact) mass is 243 g/mol. The first-order chi connectivity index (χ1) is 8.70. The van der Waals surface area contributed by atoms with Crippen molar-refractivity contribution in [3.8, 4) is 0 Å². The Morgan fingerprint density at radius 1 is 1.28 bits per heavy atom. The quantitative estimate of drug-likeness (QED) is 0.838. The molecule has 3 nitrogen and oxygen atoms in total. The standard InChI is InChI=1S/C15H17NO2/c1-3-18-15(17)14-10-13(11(2)16-14)9-12-7-5-4-6-8-12/h4-8,10,16H,3,9H2,1-2H3. The Labute approximate surface area is 107 Å². The van der Waals surface area contributed by atoms with Crippen molar-refractivity contribution in [3.63, 3.8) is 0 Å². The molecule has 1 N–H and O–H groups in total. The van der Waals surface area contributed by atoms with Crippen LogP contribution in [0.2, 0.25) is 0 Å². The van der Waals surface area contributed by atoms with Crippen LogP contribution in [-0.2, 0) is 11.2 Å². The molecule has 0 aliphatic rings. The molecule has 0 fully saturated rings. The summed E-state index contributed by atoms with van der Waals surface area (Å²) in [6.45, 7) is 4.17. The zero-order valence-electron chi connectivity index (χ0n) is 10.7. The number of esters is 1. The van der Waals surface area contributed by atoms with E-state index in [1.165, 1.54) is 5.56 Å². The molecule has 94 valence electrons. The average molecular weight is 243 g/mol. The number of hydrogen-bond donors (Lipinski definition) is 1. The number of carbonyl (C=O) groups is 1. The van der Waals surface area contributed by atoms with E-state index in [0.717, 1.165) is 17.7 Å². The number of aromatic amines is 1.